The molecular weight excluding hydrogens is 372 g/mol. The van der Waals surface area contributed by atoms with Crippen LogP contribution in [0.3, 0.4) is 0 Å². The summed E-state index contributed by atoms with van der Waals surface area (Å²) in [5.74, 6) is -0.257. The van der Waals surface area contributed by atoms with E-state index in [0.29, 0.717) is 13.0 Å². The van der Waals surface area contributed by atoms with Gasteiger partial charge in [-0.1, -0.05) is 26.3 Å². The zero-order valence-corrected chi connectivity index (χ0v) is 18.6. The van der Waals surface area contributed by atoms with Crippen LogP contribution >= 0.6 is 0 Å². The van der Waals surface area contributed by atoms with Crippen molar-refractivity contribution in [2.75, 3.05) is 13.7 Å². The van der Waals surface area contributed by atoms with E-state index in [2.05, 4.69) is 25.7 Å². The first-order valence-corrected chi connectivity index (χ1v) is 10.4. The van der Waals surface area contributed by atoms with Gasteiger partial charge in [0.1, 0.15) is 17.7 Å². The third kappa shape index (κ3) is 5.31. The highest BCUT2D eigenvalue weighted by Gasteiger charge is 2.70. The number of likely N-dealkylation sites (tertiary alicyclic amines) is 1. The maximum Gasteiger partial charge on any atom is 0.408 e. The molecule has 2 rings (SSSR count). The van der Waals surface area contributed by atoms with Crippen molar-refractivity contribution in [3.05, 3.63) is 12.7 Å². The van der Waals surface area contributed by atoms with Crippen molar-refractivity contribution < 1.29 is 23.9 Å². The smallest absolute Gasteiger partial charge is 0.408 e. The highest BCUT2D eigenvalue weighted by Crippen LogP contribution is 2.65. The van der Waals surface area contributed by atoms with Crippen LogP contribution in [0, 0.1) is 17.3 Å². The summed E-state index contributed by atoms with van der Waals surface area (Å²) < 4.78 is 10.3. The van der Waals surface area contributed by atoms with E-state index in [-0.39, 0.29) is 29.1 Å². The van der Waals surface area contributed by atoms with E-state index in [4.69, 9.17) is 9.47 Å². The largest absolute Gasteiger partial charge is 0.467 e. The van der Waals surface area contributed by atoms with Gasteiger partial charge in [0.25, 0.3) is 0 Å². The molecule has 0 aromatic heterocycles. The molecule has 2 amide bonds. The summed E-state index contributed by atoms with van der Waals surface area (Å²) in [5, 5.41) is 2.72. The third-order valence-electron chi connectivity index (χ3n) is 6.07. The molecule has 0 aromatic carbocycles. The van der Waals surface area contributed by atoms with Gasteiger partial charge in [0.15, 0.2) is 0 Å². The Morgan fingerprint density at radius 1 is 1.28 bits per heavy atom. The molecule has 0 radical (unpaired) electrons. The van der Waals surface area contributed by atoms with Crippen LogP contribution in [-0.2, 0) is 19.1 Å². The number of fused-ring (bicyclic) bond motifs is 1. The number of allylic oxidation sites excluding steroid dienone is 1. The Kier molecular flexibility index (Phi) is 7.01. The Morgan fingerprint density at radius 3 is 2.48 bits per heavy atom. The normalized spacial score (nSPS) is 25.6. The highest BCUT2D eigenvalue weighted by molar-refractivity contribution is 5.91. The third-order valence-corrected chi connectivity index (χ3v) is 6.07. The second-order valence-corrected chi connectivity index (χ2v) is 9.68. The van der Waals surface area contributed by atoms with Crippen molar-refractivity contribution in [2.24, 2.45) is 17.3 Å². The average molecular weight is 409 g/mol. The molecule has 1 saturated heterocycles. The summed E-state index contributed by atoms with van der Waals surface area (Å²) in [6.45, 7) is 13.8. The number of hydrogen-bond acceptors (Lipinski definition) is 5. The summed E-state index contributed by atoms with van der Waals surface area (Å²) in [4.78, 5) is 39.7. The molecule has 1 aliphatic carbocycles. The minimum absolute atomic E-state index is 0.0215. The minimum atomic E-state index is -0.734. The summed E-state index contributed by atoms with van der Waals surface area (Å²) >= 11 is 0. The molecule has 7 heteroatoms. The minimum Gasteiger partial charge on any atom is -0.467 e. The number of piperidine rings is 1. The number of carbonyl (C=O) groups excluding carboxylic acids is 3. The van der Waals surface area contributed by atoms with Gasteiger partial charge in [-0.15, -0.1) is 6.58 Å². The fourth-order valence-electron chi connectivity index (χ4n) is 4.45. The zero-order chi connectivity index (χ0) is 22.0. The van der Waals surface area contributed by atoms with Crippen molar-refractivity contribution in [2.45, 2.75) is 78.0 Å². The number of hydrogen-bond donors (Lipinski definition) is 1. The molecule has 0 bridgehead atoms. The molecule has 0 aromatic rings. The van der Waals surface area contributed by atoms with E-state index in [1.807, 2.05) is 6.08 Å². The lowest BCUT2D eigenvalue weighted by atomic mass is 9.99. The molecule has 4 atom stereocenters. The second kappa shape index (κ2) is 8.76. The molecule has 7 nitrogen and oxygen atoms in total. The number of methoxy groups -OCH3 is 1. The van der Waals surface area contributed by atoms with Crippen LogP contribution in [0.25, 0.3) is 0 Å². The predicted molar refractivity (Wildman–Crippen MR) is 110 cm³/mol. The fraction of sp³-hybridized carbons (Fsp3) is 0.773. The lowest BCUT2D eigenvalue weighted by Gasteiger charge is -2.32. The van der Waals surface area contributed by atoms with E-state index >= 15 is 0 Å². The lowest BCUT2D eigenvalue weighted by Crippen LogP contribution is -2.54. The van der Waals surface area contributed by atoms with Crippen molar-refractivity contribution in [3.63, 3.8) is 0 Å². The van der Waals surface area contributed by atoms with Crippen LogP contribution in [0.1, 0.15) is 60.3 Å². The standard InChI is InChI=1S/C22H36N2O5/c1-8-9-10-11-12-15(23-20(27)29-21(2,3)4)18(25)24-13-14-16(22(14,5)6)17(24)19(26)28-7/h8,14-17H,1,9-13H2,2-7H3,(H,23,27). The Balaban J connectivity index is 2.13. The monoisotopic (exact) mass is 408 g/mol. The summed E-state index contributed by atoms with van der Waals surface area (Å²) in [5.41, 5.74) is -0.637. The molecule has 4 unspecified atom stereocenters. The van der Waals surface area contributed by atoms with Crippen molar-refractivity contribution in [1.29, 1.82) is 0 Å². The number of rotatable bonds is 8. The van der Waals surface area contributed by atoms with Gasteiger partial charge in [0.2, 0.25) is 5.91 Å². The van der Waals surface area contributed by atoms with E-state index in [0.717, 1.165) is 19.3 Å². The highest BCUT2D eigenvalue weighted by atomic mass is 16.6. The van der Waals surface area contributed by atoms with Gasteiger partial charge in [0, 0.05) is 12.5 Å². The number of ether oxygens (including phenoxy) is 2. The van der Waals surface area contributed by atoms with Gasteiger partial charge < -0.3 is 19.7 Å². The van der Waals surface area contributed by atoms with Gasteiger partial charge in [0.05, 0.1) is 7.11 Å². The Hall–Kier alpha value is -2.05. The lowest BCUT2D eigenvalue weighted by molar-refractivity contribution is -0.153. The molecule has 164 valence electrons. The number of amides is 2. The molecule has 0 spiro atoms. The average Bonchev–Trinajstić information content (AvgIpc) is 2.96. The molecule has 2 fully saturated rings. The van der Waals surface area contributed by atoms with Crippen LogP contribution in [0.4, 0.5) is 4.79 Å². The molecule has 1 aliphatic heterocycles. The second-order valence-electron chi connectivity index (χ2n) is 9.68. The first-order valence-electron chi connectivity index (χ1n) is 10.4. The first kappa shape index (κ1) is 23.2. The number of carbonyl (C=O) groups is 3. The number of nitrogens with one attached hydrogen (secondary N) is 1. The number of unbranched alkanes of at least 4 members (excludes halogenated alkanes) is 2. The Labute approximate surface area is 174 Å². The van der Waals surface area contributed by atoms with Crippen LogP contribution < -0.4 is 5.32 Å². The maximum absolute atomic E-state index is 13.3. The SMILES string of the molecule is C=CCCCCC(NC(=O)OC(C)(C)C)C(=O)N1CC2C(C1C(=O)OC)C2(C)C. The first-order chi connectivity index (χ1) is 13.4. The molecule has 1 saturated carbocycles. The van der Waals surface area contributed by atoms with Crippen molar-refractivity contribution in [3.8, 4) is 0 Å². The van der Waals surface area contributed by atoms with Gasteiger partial charge >= 0.3 is 12.1 Å². The number of esters is 1. The molecule has 1 heterocycles. The molecular formula is C22H36N2O5. The topological polar surface area (TPSA) is 84.9 Å². The molecule has 2 aliphatic rings. The van der Waals surface area contributed by atoms with E-state index in [9.17, 15) is 14.4 Å². The van der Waals surface area contributed by atoms with Gasteiger partial charge in [-0.05, 0) is 51.4 Å². The zero-order valence-electron chi connectivity index (χ0n) is 18.6. The van der Waals surface area contributed by atoms with E-state index < -0.39 is 23.8 Å². The van der Waals surface area contributed by atoms with Crippen molar-refractivity contribution in [1.82, 2.24) is 10.2 Å². The summed E-state index contributed by atoms with van der Waals surface area (Å²) in [6.07, 6.45) is 4.17. The van der Waals surface area contributed by atoms with Crippen LogP contribution in [0.15, 0.2) is 12.7 Å². The molecule has 29 heavy (non-hydrogen) atoms. The molecule has 1 N–H and O–H groups in total. The van der Waals surface area contributed by atoms with Gasteiger partial charge in [-0.3, -0.25) is 4.79 Å². The van der Waals surface area contributed by atoms with Gasteiger partial charge in [-0.25, -0.2) is 9.59 Å². The van der Waals surface area contributed by atoms with Crippen LogP contribution in [0.2, 0.25) is 0 Å². The predicted octanol–water partition coefficient (Wildman–Crippen LogP) is 3.28. The Morgan fingerprint density at radius 2 is 1.93 bits per heavy atom. The van der Waals surface area contributed by atoms with E-state index in [1.54, 1.807) is 25.7 Å². The van der Waals surface area contributed by atoms with E-state index in [1.165, 1.54) is 7.11 Å². The summed E-state index contributed by atoms with van der Waals surface area (Å²) in [7, 11) is 1.35. The number of nitrogens with zero attached hydrogens (tertiary/aromatic N) is 1. The quantitative estimate of drug-likeness (QED) is 0.378. The Bertz CT molecular complexity index is 652. The van der Waals surface area contributed by atoms with Gasteiger partial charge in [-0.2, -0.15) is 0 Å². The van der Waals surface area contributed by atoms with Crippen molar-refractivity contribution >= 4 is 18.0 Å². The van der Waals surface area contributed by atoms with Crippen LogP contribution in [-0.4, -0.2) is 54.2 Å². The van der Waals surface area contributed by atoms with Crippen LogP contribution in [0.5, 0.6) is 0 Å². The fourth-order valence-corrected chi connectivity index (χ4v) is 4.45. The maximum atomic E-state index is 13.3. The summed E-state index contributed by atoms with van der Waals surface area (Å²) in [6, 6.07) is -1.33. The number of alkyl carbamates (subject to hydrolysis) is 1.